The lowest BCUT2D eigenvalue weighted by Crippen LogP contribution is -2.44. The molecule has 0 aliphatic heterocycles. The second kappa shape index (κ2) is 4.96. The molecule has 1 fully saturated rings. The van der Waals surface area contributed by atoms with Crippen molar-refractivity contribution in [3.8, 4) is 0 Å². The predicted octanol–water partition coefficient (Wildman–Crippen LogP) is 3.17. The smallest absolute Gasteiger partial charge is 0.315 e. The number of rotatable bonds is 4. The molecule has 0 saturated heterocycles. The minimum atomic E-state index is -0.798. The van der Waals surface area contributed by atoms with Gasteiger partial charge in [0.1, 0.15) is 6.10 Å². The van der Waals surface area contributed by atoms with Gasteiger partial charge in [-0.3, -0.25) is 4.79 Å². The molecule has 1 heterocycles. The number of aliphatic hydroxyl groups is 1. The minimum absolute atomic E-state index is 0.289. The molecule has 1 aromatic rings. The van der Waals surface area contributed by atoms with Crippen molar-refractivity contribution in [2.45, 2.75) is 32.3 Å². The molecule has 1 unspecified atom stereocenters. The van der Waals surface area contributed by atoms with Crippen molar-refractivity contribution in [2.75, 3.05) is 6.61 Å². The van der Waals surface area contributed by atoms with Crippen LogP contribution >= 0.6 is 22.9 Å². The molecule has 0 aromatic carbocycles. The molecule has 94 valence electrons. The summed E-state index contributed by atoms with van der Waals surface area (Å²) in [5.41, 5.74) is -0.746. The van der Waals surface area contributed by atoms with Crippen LogP contribution in [0.3, 0.4) is 0 Å². The van der Waals surface area contributed by atoms with Crippen LogP contribution in [-0.4, -0.2) is 17.7 Å². The average Bonchev–Trinajstić information content (AvgIpc) is 2.63. The van der Waals surface area contributed by atoms with Crippen molar-refractivity contribution in [1.29, 1.82) is 0 Å². The quantitative estimate of drug-likeness (QED) is 0.858. The molecule has 2 rings (SSSR count). The zero-order valence-corrected chi connectivity index (χ0v) is 11.2. The Labute approximate surface area is 109 Å². The molecule has 17 heavy (non-hydrogen) atoms. The molecule has 1 aliphatic carbocycles. The lowest BCUT2D eigenvalue weighted by atomic mass is 9.64. The number of halogens is 1. The Morgan fingerprint density at radius 2 is 2.35 bits per heavy atom. The summed E-state index contributed by atoms with van der Waals surface area (Å²) in [4.78, 5) is 12.7. The van der Waals surface area contributed by atoms with E-state index in [0.29, 0.717) is 23.8 Å². The number of ether oxygens (including phenoxy) is 1. The van der Waals surface area contributed by atoms with Crippen LogP contribution in [0.5, 0.6) is 0 Å². The predicted molar refractivity (Wildman–Crippen MR) is 67.2 cm³/mol. The molecular weight excluding hydrogens is 260 g/mol. The van der Waals surface area contributed by atoms with Crippen molar-refractivity contribution in [1.82, 2.24) is 0 Å². The van der Waals surface area contributed by atoms with E-state index in [2.05, 4.69) is 0 Å². The van der Waals surface area contributed by atoms with Gasteiger partial charge in [0.15, 0.2) is 0 Å². The third-order valence-corrected chi connectivity index (χ3v) is 4.60. The minimum Gasteiger partial charge on any atom is -0.465 e. The number of hydrogen-bond donors (Lipinski definition) is 1. The summed E-state index contributed by atoms with van der Waals surface area (Å²) < 4.78 is 5.69. The average molecular weight is 275 g/mol. The first-order valence-corrected chi connectivity index (χ1v) is 6.90. The number of aliphatic hydroxyl groups excluding tert-OH is 1. The Hall–Kier alpha value is -0.580. The van der Waals surface area contributed by atoms with Gasteiger partial charge in [-0.1, -0.05) is 18.0 Å². The van der Waals surface area contributed by atoms with Crippen LogP contribution in [0.1, 0.15) is 37.2 Å². The topological polar surface area (TPSA) is 46.5 Å². The molecular formula is C12H15ClO3S. The van der Waals surface area contributed by atoms with Crippen LogP contribution in [0.25, 0.3) is 0 Å². The van der Waals surface area contributed by atoms with Crippen LogP contribution < -0.4 is 0 Å². The van der Waals surface area contributed by atoms with E-state index in [4.69, 9.17) is 16.3 Å². The number of carbonyl (C=O) groups excluding carboxylic acids is 1. The molecule has 1 aromatic heterocycles. The van der Waals surface area contributed by atoms with E-state index in [-0.39, 0.29) is 5.97 Å². The number of thiophene rings is 1. The van der Waals surface area contributed by atoms with E-state index in [1.807, 2.05) is 0 Å². The van der Waals surface area contributed by atoms with E-state index in [9.17, 15) is 9.90 Å². The standard InChI is InChI=1S/C12H15ClO3S/c1-2-16-11(15)12(6-3-7-12)10(14)8-4-5-9(13)17-8/h4-5,10,14H,2-3,6-7H2,1H3. The van der Waals surface area contributed by atoms with Crippen LogP contribution in [0.4, 0.5) is 0 Å². The summed E-state index contributed by atoms with van der Waals surface area (Å²) in [6.07, 6.45) is 1.52. The zero-order chi connectivity index (χ0) is 12.5. The molecule has 1 saturated carbocycles. The first-order valence-electron chi connectivity index (χ1n) is 5.70. The summed E-state index contributed by atoms with van der Waals surface area (Å²) in [5, 5.41) is 10.4. The monoisotopic (exact) mass is 274 g/mol. The summed E-state index contributed by atoms with van der Waals surface area (Å²) in [6, 6.07) is 3.51. The van der Waals surface area contributed by atoms with Gasteiger partial charge < -0.3 is 9.84 Å². The highest BCUT2D eigenvalue weighted by Gasteiger charge is 2.52. The van der Waals surface area contributed by atoms with Crippen LogP contribution in [0, 0.1) is 5.41 Å². The Kier molecular flexibility index (Phi) is 3.76. The fourth-order valence-electron chi connectivity index (χ4n) is 2.17. The maximum absolute atomic E-state index is 12.0. The van der Waals surface area contributed by atoms with E-state index in [1.54, 1.807) is 19.1 Å². The highest BCUT2D eigenvalue weighted by molar-refractivity contribution is 7.16. The van der Waals surface area contributed by atoms with E-state index in [1.165, 1.54) is 11.3 Å². The summed E-state index contributed by atoms with van der Waals surface area (Å²) in [7, 11) is 0. The summed E-state index contributed by atoms with van der Waals surface area (Å²) in [6.45, 7) is 2.12. The van der Waals surface area contributed by atoms with Crippen LogP contribution in [0.2, 0.25) is 4.34 Å². The maximum atomic E-state index is 12.0. The fraction of sp³-hybridized carbons (Fsp3) is 0.583. The van der Waals surface area contributed by atoms with Crippen LogP contribution in [0.15, 0.2) is 12.1 Å². The third-order valence-electron chi connectivity index (χ3n) is 3.31. The van der Waals surface area contributed by atoms with Gasteiger partial charge in [0, 0.05) is 4.88 Å². The Balaban J connectivity index is 2.20. The van der Waals surface area contributed by atoms with Gasteiger partial charge >= 0.3 is 5.97 Å². The van der Waals surface area contributed by atoms with Crippen molar-refractivity contribution in [3.63, 3.8) is 0 Å². The first kappa shape index (κ1) is 12.9. The highest BCUT2D eigenvalue weighted by Crippen LogP contribution is 2.52. The second-order valence-corrected chi connectivity index (χ2v) is 6.02. The van der Waals surface area contributed by atoms with Gasteiger partial charge in [0.2, 0.25) is 0 Å². The van der Waals surface area contributed by atoms with Gasteiger partial charge in [-0.2, -0.15) is 0 Å². The van der Waals surface area contributed by atoms with E-state index in [0.717, 1.165) is 11.3 Å². The first-order chi connectivity index (χ1) is 8.10. The van der Waals surface area contributed by atoms with Gasteiger partial charge in [-0.25, -0.2) is 0 Å². The summed E-state index contributed by atoms with van der Waals surface area (Å²) >= 11 is 7.16. The Bertz CT molecular complexity index is 412. The number of esters is 1. The number of hydrogen-bond acceptors (Lipinski definition) is 4. The molecule has 0 radical (unpaired) electrons. The van der Waals surface area contributed by atoms with E-state index < -0.39 is 11.5 Å². The van der Waals surface area contributed by atoms with Gasteiger partial charge in [0.25, 0.3) is 0 Å². The molecule has 5 heteroatoms. The van der Waals surface area contributed by atoms with Crippen molar-refractivity contribution < 1.29 is 14.6 Å². The lowest BCUT2D eigenvalue weighted by Gasteiger charge is -2.42. The Morgan fingerprint density at radius 1 is 1.65 bits per heavy atom. The second-order valence-electron chi connectivity index (χ2n) is 4.27. The highest BCUT2D eigenvalue weighted by atomic mass is 35.5. The van der Waals surface area contributed by atoms with Crippen molar-refractivity contribution >= 4 is 28.9 Å². The van der Waals surface area contributed by atoms with Crippen molar-refractivity contribution in [2.24, 2.45) is 5.41 Å². The Morgan fingerprint density at radius 3 is 2.76 bits per heavy atom. The van der Waals surface area contributed by atoms with Gasteiger partial charge in [-0.15, -0.1) is 11.3 Å². The van der Waals surface area contributed by atoms with Crippen LogP contribution in [-0.2, 0) is 9.53 Å². The zero-order valence-electron chi connectivity index (χ0n) is 9.61. The molecule has 3 nitrogen and oxygen atoms in total. The maximum Gasteiger partial charge on any atom is 0.315 e. The SMILES string of the molecule is CCOC(=O)C1(C(O)c2ccc(Cl)s2)CCC1. The largest absolute Gasteiger partial charge is 0.465 e. The van der Waals surface area contributed by atoms with E-state index >= 15 is 0 Å². The fourth-order valence-corrected chi connectivity index (χ4v) is 3.33. The molecule has 1 N–H and O–H groups in total. The van der Waals surface area contributed by atoms with Gasteiger partial charge in [0.05, 0.1) is 16.4 Å². The van der Waals surface area contributed by atoms with Crippen molar-refractivity contribution in [3.05, 3.63) is 21.3 Å². The molecule has 0 amide bonds. The molecule has 1 aliphatic rings. The molecule has 1 atom stereocenters. The normalized spacial score (nSPS) is 19.5. The number of carbonyl (C=O) groups is 1. The molecule has 0 bridgehead atoms. The molecule has 0 spiro atoms. The summed E-state index contributed by atoms with van der Waals surface area (Å²) in [5.74, 6) is -0.289. The lowest BCUT2D eigenvalue weighted by molar-refractivity contribution is -0.172. The van der Waals surface area contributed by atoms with Gasteiger partial charge in [-0.05, 0) is 31.9 Å². The third kappa shape index (κ3) is 2.21.